The number of halogens is 3. The molecular weight excluding hydrogens is 160 g/mol. The molecule has 42 valence electrons. The highest BCUT2D eigenvalue weighted by atomic mass is 35.6. The largest absolute Gasteiger partial charge is 0.772 e. The van der Waals surface area contributed by atoms with Crippen LogP contribution in [0.1, 0.15) is 0 Å². The van der Waals surface area contributed by atoms with E-state index in [9.17, 15) is 0 Å². The second kappa shape index (κ2) is 2.07. The molecule has 0 aliphatic carbocycles. The minimum atomic E-state index is -2.06. The highest BCUT2D eigenvalue weighted by molar-refractivity contribution is 6.76. The van der Waals surface area contributed by atoms with Crippen LogP contribution < -0.4 is 0 Å². The van der Waals surface area contributed by atoms with Crippen molar-refractivity contribution < 1.29 is 5.11 Å². The van der Waals surface area contributed by atoms with Gasteiger partial charge in [0.15, 0.2) is 0 Å². The van der Waals surface area contributed by atoms with Crippen LogP contribution in [-0.2, 0) is 0 Å². The lowest BCUT2D eigenvalue weighted by molar-refractivity contribution is 0.551. The molecule has 0 aromatic rings. The minimum Gasteiger partial charge on any atom is -0.772 e. The maximum absolute atomic E-state index is 7.97. The molecule has 0 saturated heterocycles. The summed E-state index contributed by atoms with van der Waals surface area (Å²) in [6, 6.07) is 0. The second-order valence-electron chi connectivity index (χ2n) is 0.821. The molecule has 0 aliphatic heterocycles. The van der Waals surface area contributed by atoms with Crippen molar-refractivity contribution in [2.24, 2.45) is 0 Å². The van der Waals surface area contributed by atoms with Crippen LogP contribution >= 0.6 is 34.8 Å². The van der Waals surface area contributed by atoms with Gasteiger partial charge >= 0.3 is 0 Å². The van der Waals surface area contributed by atoms with E-state index in [-0.39, 0.29) is 0 Å². The standard InChI is InChI=1S/C2HCl3NO/c3-2(4,5)1(6)7/h(H-,6,7)/q-1. The predicted octanol–water partition coefficient (Wildman–Crippen LogP) is 1.88. The molecule has 0 fully saturated rings. The molecule has 0 aliphatic rings. The van der Waals surface area contributed by atoms with Gasteiger partial charge in [0.2, 0.25) is 3.79 Å². The molecule has 0 amide bonds. The van der Waals surface area contributed by atoms with E-state index in [1.54, 1.807) is 0 Å². The fourth-order valence-corrected chi connectivity index (χ4v) is 0. The van der Waals surface area contributed by atoms with Crippen LogP contribution in [0.5, 0.6) is 0 Å². The van der Waals surface area contributed by atoms with E-state index in [1.165, 1.54) is 0 Å². The van der Waals surface area contributed by atoms with E-state index in [2.05, 4.69) is 0 Å². The van der Waals surface area contributed by atoms with E-state index in [1.807, 2.05) is 0 Å². The lowest BCUT2D eigenvalue weighted by Crippen LogP contribution is -2.15. The van der Waals surface area contributed by atoms with Crippen molar-refractivity contribution in [2.45, 2.75) is 3.79 Å². The van der Waals surface area contributed by atoms with Crippen molar-refractivity contribution in [2.75, 3.05) is 0 Å². The topological polar surface area (TPSA) is 42.5 Å². The first-order valence-electron chi connectivity index (χ1n) is 1.26. The van der Waals surface area contributed by atoms with Crippen molar-refractivity contribution in [1.29, 1.82) is 0 Å². The van der Waals surface area contributed by atoms with Crippen LogP contribution in [0.15, 0.2) is 0 Å². The molecule has 0 rings (SSSR count). The van der Waals surface area contributed by atoms with Gasteiger partial charge in [-0.05, 0) is 0 Å². The maximum Gasteiger partial charge on any atom is 0.225 e. The third-order valence-electron chi connectivity index (χ3n) is 0.254. The molecule has 0 unspecified atom stereocenters. The second-order valence-corrected chi connectivity index (χ2v) is 3.10. The average Bonchev–Trinajstić information content (AvgIpc) is 1.31. The maximum atomic E-state index is 7.97. The quantitative estimate of drug-likeness (QED) is 0.329. The molecule has 7 heavy (non-hydrogen) atoms. The van der Waals surface area contributed by atoms with E-state index in [0.29, 0.717) is 0 Å². The van der Waals surface area contributed by atoms with E-state index in [0.717, 1.165) is 0 Å². The number of hydrogen-bond donors (Lipinski definition) is 1. The number of aliphatic hydroxyl groups excluding tert-OH is 1. The number of rotatable bonds is 0. The Morgan fingerprint density at radius 2 is 1.57 bits per heavy atom. The zero-order chi connectivity index (χ0) is 6.08. The summed E-state index contributed by atoms with van der Waals surface area (Å²) in [6.07, 6.45) is 0. The highest BCUT2D eigenvalue weighted by Crippen LogP contribution is 2.25. The Kier molecular flexibility index (Phi) is 2.17. The lowest BCUT2D eigenvalue weighted by Gasteiger charge is -2.12. The van der Waals surface area contributed by atoms with Crippen LogP contribution in [-0.4, -0.2) is 14.8 Å². The van der Waals surface area contributed by atoms with Crippen molar-refractivity contribution in [3.05, 3.63) is 5.41 Å². The Labute approximate surface area is 55.5 Å². The van der Waals surface area contributed by atoms with Gasteiger partial charge in [0.25, 0.3) is 0 Å². The van der Waals surface area contributed by atoms with Crippen molar-refractivity contribution >= 4 is 40.7 Å². The zero-order valence-electron chi connectivity index (χ0n) is 3.03. The first kappa shape index (κ1) is 7.34. The van der Waals surface area contributed by atoms with Crippen molar-refractivity contribution in [3.8, 4) is 0 Å². The summed E-state index contributed by atoms with van der Waals surface area (Å²) >= 11 is 14.6. The van der Waals surface area contributed by atoms with Gasteiger partial charge in [-0.2, -0.15) is 0 Å². The van der Waals surface area contributed by atoms with Crippen LogP contribution in [0.25, 0.3) is 5.41 Å². The summed E-state index contributed by atoms with van der Waals surface area (Å²) in [4.78, 5) is 0. The number of nitrogens with zero attached hydrogens (tertiary/aromatic N) is 1. The predicted molar refractivity (Wildman–Crippen MR) is 31.3 cm³/mol. The molecular formula is C2HCl3NO-. The summed E-state index contributed by atoms with van der Waals surface area (Å²) in [5.74, 6) is -1.21. The molecule has 0 aromatic carbocycles. The minimum absolute atomic E-state index is 1.21. The Hall–Kier alpha value is 0.340. The molecule has 0 heterocycles. The van der Waals surface area contributed by atoms with E-state index >= 15 is 0 Å². The Balaban J connectivity index is 3.79. The Morgan fingerprint density at radius 1 is 1.43 bits per heavy atom. The van der Waals surface area contributed by atoms with Crippen LogP contribution in [0.4, 0.5) is 0 Å². The first-order chi connectivity index (χ1) is 2.94. The summed E-state index contributed by atoms with van der Waals surface area (Å²) < 4.78 is -2.06. The molecule has 0 spiro atoms. The summed E-state index contributed by atoms with van der Waals surface area (Å²) in [5.41, 5.74) is 0. The molecule has 1 N–H and O–H groups in total. The van der Waals surface area contributed by atoms with Crippen LogP contribution in [0.2, 0.25) is 0 Å². The SMILES string of the molecule is [N-]=C(O)C(Cl)(Cl)Cl. The van der Waals surface area contributed by atoms with Gasteiger partial charge in [0.05, 0.1) is 0 Å². The number of hydrogen-bond acceptors (Lipinski definition) is 0. The van der Waals surface area contributed by atoms with Gasteiger partial charge in [-0.25, -0.2) is 0 Å². The Bertz CT molecular complexity index is 85.4. The fourth-order valence-electron chi connectivity index (χ4n) is 0. The molecule has 0 radical (unpaired) electrons. The third kappa shape index (κ3) is 2.97. The number of alkyl halides is 3. The monoisotopic (exact) mass is 160 g/mol. The van der Waals surface area contributed by atoms with Gasteiger partial charge in [-0.15, -0.1) is 0 Å². The summed E-state index contributed by atoms with van der Waals surface area (Å²) in [7, 11) is 0. The Morgan fingerprint density at radius 3 is 1.57 bits per heavy atom. The molecule has 0 bridgehead atoms. The van der Waals surface area contributed by atoms with Gasteiger partial charge in [0.1, 0.15) is 0 Å². The summed E-state index contributed by atoms with van der Waals surface area (Å²) in [5, 5.41) is 15.9. The molecule has 5 heteroatoms. The van der Waals surface area contributed by atoms with Crippen molar-refractivity contribution in [1.82, 2.24) is 0 Å². The highest BCUT2D eigenvalue weighted by Gasteiger charge is 2.18. The van der Waals surface area contributed by atoms with Gasteiger partial charge in [-0.3, -0.25) is 0 Å². The zero-order valence-corrected chi connectivity index (χ0v) is 5.30. The van der Waals surface area contributed by atoms with Gasteiger partial charge in [0, 0.05) is 5.90 Å². The molecule has 0 saturated carbocycles. The fraction of sp³-hybridized carbons (Fsp3) is 0.500. The normalized spacial score (nSPS) is 11.3. The van der Waals surface area contributed by atoms with Gasteiger partial charge in [-0.1, -0.05) is 34.8 Å². The van der Waals surface area contributed by atoms with Crippen LogP contribution in [0.3, 0.4) is 0 Å². The smallest absolute Gasteiger partial charge is 0.225 e. The third-order valence-corrected chi connectivity index (χ3v) is 0.761. The molecule has 0 aromatic heterocycles. The van der Waals surface area contributed by atoms with E-state index in [4.69, 9.17) is 45.3 Å². The molecule has 0 atom stereocenters. The lowest BCUT2D eigenvalue weighted by atomic mass is 10.8. The van der Waals surface area contributed by atoms with E-state index < -0.39 is 9.69 Å². The first-order valence-corrected chi connectivity index (χ1v) is 2.40. The van der Waals surface area contributed by atoms with Crippen molar-refractivity contribution in [3.63, 3.8) is 0 Å². The average molecular weight is 161 g/mol. The molecule has 2 nitrogen and oxygen atoms in total. The summed E-state index contributed by atoms with van der Waals surface area (Å²) in [6.45, 7) is 0. The van der Waals surface area contributed by atoms with Gasteiger partial charge < -0.3 is 10.5 Å². The number of aliphatic hydroxyl groups is 1. The van der Waals surface area contributed by atoms with Crippen LogP contribution in [0, 0.1) is 0 Å².